The molecule has 0 aliphatic rings. The Morgan fingerprint density at radius 1 is 0.449 bits per heavy atom. The molecule has 0 aliphatic carbocycles. The number of carbonyl (C=O) groups excluding carboxylic acids is 2. The molecule has 2 N–H and O–H groups in total. The minimum Gasteiger partial charge on any atom is -0.480 e. The highest BCUT2D eigenvalue weighted by Gasteiger charge is 2.14. The highest BCUT2D eigenvalue weighted by Crippen LogP contribution is 2.19. The summed E-state index contributed by atoms with van der Waals surface area (Å²) in [7, 11) is 0. The number of carboxylic acid groups (broad SMARTS) is 1. The van der Waals surface area contributed by atoms with E-state index in [-0.39, 0.29) is 24.5 Å². The molecule has 290 valence electrons. The molecule has 6 nitrogen and oxygen atoms in total. The van der Waals surface area contributed by atoms with Crippen molar-refractivity contribution in [2.24, 2.45) is 0 Å². The van der Waals surface area contributed by atoms with Gasteiger partial charge in [-0.15, -0.1) is 0 Å². The molecule has 0 radical (unpaired) electrons. The average molecular weight is 694 g/mol. The highest BCUT2D eigenvalue weighted by molar-refractivity contribution is 5.80. The molecule has 0 saturated carbocycles. The van der Waals surface area contributed by atoms with E-state index >= 15 is 0 Å². The van der Waals surface area contributed by atoms with Crippen LogP contribution in [0.4, 0.5) is 0 Å². The van der Waals surface area contributed by atoms with Crippen molar-refractivity contribution in [2.45, 2.75) is 251 Å². The molecule has 1 amide bonds. The number of esters is 1. The van der Waals surface area contributed by atoms with E-state index < -0.39 is 5.97 Å². The fraction of sp³-hybridized carbons (Fsp3) is 0.930. The molecule has 0 fully saturated rings. The number of unbranched alkanes of at least 4 members (excludes halogenated alkanes) is 29. The second kappa shape index (κ2) is 39.2. The first-order chi connectivity index (χ1) is 24.0. The lowest BCUT2D eigenvalue weighted by molar-refractivity contribution is -0.150. The summed E-state index contributed by atoms with van der Waals surface area (Å²) in [4.78, 5) is 35.0. The lowest BCUT2D eigenvalue weighted by atomic mass is 10.0. The lowest BCUT2D eigenvalue weighted by Gasteiger charge is -2.18. The van der Waals surface area contributed by atoms with Crippen molar-refractivity contribution in [1.82, 2.24) is 5.32 Å². The third-order valence-corrected chi connectivity index (χ3v) is 10.0. The smallest absolute Gasteiger partial charge is 0.322 e. The van der Waals surface area contributed by atoms with E-state index in [2.05, 4.69) is 19.2 Å². The van der Waals surface area contributed by atoms with Crippen LogP contribution in [0.15, 0.2) is 0 Å². The Bertz CT molecular complexity index is 727. The standard InChI is InChI=1S/C43H83NO5/c1-3-5-7-9-11-13-15-17-19-21-23-25-30-34-38-43(48)49-40(36-32-28-26-29-33-37-41(45)44-39-42(46)47)35-31-27-24-22-20-18-16-14-12-10-8-6-4-2/h40H,3-39H2,1-2H3,(H,44,45)(H,46,47). The Balaban J connectivity index is 4.12. The first kappa shape index (κ1) is 47.4. The maximum atomic E-state index is 12.7. The van der Waals surface area contributed by atoms with Crippen molar-refractivity contribution in [3.05, 3.63) is 0 Å². The van der Waals surface area contributed by atoms with E-state index in [4.69, 9.17) is 9.84 Å². The Morgan fingerprint density at radius 2 is 0.755 bits per heavy atom. The summed E-state index contributed by atoms with van der Waals surface area (Å²) in [5.74, 6) is -1.21. The Hall–Kier alpha value is -1.59. The number of carbonyl (C=O) groups is 3. The molecular formula is C43H83NO5. The summed E-state index contributed by atoms with van der Waals surface area (Å²) in [6.45, 7) is 4.25. The maximum absolute atomic E-state index is 12.7. The van der Waals surface area contributed by atoms with Crippen LogP contribution >= 0.6 is 0 Å². The van der Waals surface area contributed by atoms with Gasteiger partial charge in [0, 0.05) is 12.8 Å². The predicted octanol–water partition coefficient (Wildman–Crippen LogP) is 13.2. The van der Waals surface area contributed by atoms with Crippen molar-refractivity contribution < 1.29 is 24.2 Å². The van der Waals surface area contributed by atoms with Gasteiger partial charge in [-0.2, -0.15) is 0 Å². The molecule has 1 atom stereocenters. The molecule has 49 heavy (non-hydrogen) atoms. The summed E-state index contributed by atoms with van der Waals surface area (Å²) in [6.07, 6.45) is 43.7. The zero-order valence-corrected chi connectivity index (χ0v) is 32.8. The number of carboxylic acids is 1. The van der Waals surface area contributed by atoms with Gasteiger partial charge in [-0.25, -0.2) is 0 Å². The van der Waals surface area contributed by atoms with E-state index in [0.717, 1.165) is 64.2 Å². The van der Waals surface area contributed by atoms with Crippen LogP contribution in [-0.4, -0.2) is 35.6 Å². The molecule has 0 saturated heterocycles. The SMILES string of the molecule is CCCCCCCCCCCCCCCCC(=O)OC(CCCCCCCCCCCCCCC)CCCCCCCC(=O)NCC(=O)O. The fourth-order valence-corrected chi connectivity index (χ4v) is 6.81. The van der Waals surface area contributed by atoms with Crippen LogP contribution in [0.25, 0.3) is 0 Å². The number of rotatable bonds is 40. The van der Waals surface area contributed by atoms with Gasteiger partial charge in [0.05, 0.1) is 0 Å². The number of nitrogens with one attached hydrogen (secondary N) is 1. The molecule has 0 heterocycles. The highest BCUT2D eigenvalue weighted by atomic mass is 16.5. The van der Waals surface area contributed by atoms with Gasteiger partial charge >= 0.3 is 11.9 Å². The Kier molecular flexibility index (Phi) is 37.9. The number of ether oxygens (including phenoxy) is 1. The number of hydrogen-bond donors (Lipinski definition) is 2. The third kappa shape index (κ3) is 39.1. The summed E-state index contributed by atoms with van der Waals surface area (Å²) in [5.41, 5.74) is 0. The molecule has 1 unspecified atom stereocenters. The van der Waals surface area contributed by atoms with Crippen LogP contribution in [0.5, 0.6) is 0 Å². The van der Waals surface area contributed by atoms with Crippen LogP contribution in [0.1, 0.15) is 245 Å². The molecule has 0 aliphatic heterocycles. The van der Waals surface area contributed by atoms with Crippen LogP contribution in [0.3, 0.4) is 0 Å². The second-order valence-corrected chi connectivity index (χ2v) is 15.0. The quantitative estimate of drug-likeness (QED) is 0.0492. The van der Waals surface area contributed by atoms with E-state index in [9.17, 15) is 14.4 Å². The van der Waals surface area contributed by atoms with Crippen LogP contribution in [0.2, 0.25) is 0 Å². The van der Waals surface area contributed by atoms with Crippen LogP contribution in [0, 0.1) is 0 Å². The first-order valence-electron chi connectivity index (χ1n) is 21.7. The zero-order valence-electron chi connectivity index (χ0n) is 32.8. The van der Waals surface area contributed by atoms with Crippen LogP contribution < -0.4 is 5.32 Å². The molecule has 6 heteroatoms. The van der Waals surface area contributed by atoms with Gasteiger partial charge in [-0.3, -0.25) is 14.4 Å². The first-order valence-corrected chi connectivity index (χ1v) is 21.7. The number of hydrogen-bond acceptors (Lipinski definition) is 4. The molecule has 0 aromatic heterocycles. The van der Waals surface area contributed by atoms with Crippen molar-refractivity contribution >= 4 is 17.8 Å². The minimum absolute atomic E-state index is 0.00833. The van der Waals surface area contributed by atoms with E-state index in [1.165, 1.54) is 154 Å². The summed E-state index contributed by atoms with van der Waals surface area (Å²) < 4.78 is 6.04. The Labute approximate surface area is 304 Å². The van der Waals surface area contributed by atoms with Crippen molar-refractivity contribution in [1.29, 1.82) is 0 Å². The number of amides is 1. The molecule has 0 rings (SSSR count). The zero-order chi connectivity index (χ0) is 35.9. The molecule has 0 bridgehead atoms. The van der Waals surface area contributed by atoms with Gasteiger partial charge in [0.25, 0.3) is 0 Å². The molecule has 0 spiro atoms. The Morgan fingerprint density at radius 3 is 1.10 bits per heavy atom. The normalized spacial score (nSPS) is 11.9. The predicted molar refractivity (Wildman–Crippen MR) is 208 cm³/mol. The van der Waals surface area contributed by atoms with Gasteiger partial charge in [-0.05, 0) is 38.5 Å². The molecule has 0 aromatic rings. The minimum atomic E-state index is -1.01. The van der Waals surface area contributed by atoms with E-state index in [1.807, 2.05) is 0 Å². The van der Waals surface area contributed by atoms with Gasteiger partial charge in [0.15, 0.2) is 0 Å². The van der Waals surface area contributed by atoms with Gasteiger partial charge in [0.1, 0.15) is 12.6 Å². The summed E-state index contributed by atoms with van der Waals surface area (Å²) >= 11 is 0. The van der Waals surface area contributed by atoms with Crippen molar-refractivity contribution in [3.8, 4) is 0 Å². The van der Waals surface area contributed by atoms with Gasteiger partial charge in [0.2, 0.25) is 5.91 Å². The van der Waals surface area contributed by atoms with Gasteiger partial charge < -0.3 is 15.2 Å². The largest absolute Gasteiger partial charge is 0.480 e. The van der Waals surface area contributed by atoms with Gasteiger partial charge in [-0.1, -0.05) is 194 Å². The monoisotopic (exact) mass is 694 g/mol. The number of aliphatic carboxylic acids is 1. The van der Waals surface area contributed by atoms with Crippen LogP contribution in [-0.2, 0) is 19.1 Å². The fourth-order valence-electron chi connectivity index (χ4n) is 6.81. The maximum Gasteiger partial charge on any atom is 0.322 e. The molecular weight excluding hydrogens is 610 g/mol. The second-order valence-electron chi connectivity index (χ2n) is 15.0. The van der Waals surface area contributed by atoms with Crippen molar-refractivity contribution in [2.75, 3.05) is 6.54 Å². The summed E-state index contributed by atoms with van der Waals surface area (Å²) in [5, 5.41) is 11.1. The lowest BCUT2D eigenvalue weighted by Crippen LogP contribution is -2.28. The average Bonchev–Trinajstić information content (AvgIpc) is 3.08. The van der Waals surface area contributed by atoms with E-state index in [1.54, 1.807) is 0 Å². The summed E-state index contributed by atoms with van der Waals surface area (Å²) in [6, 6.07) is 0. The van der Waals surface area contributed by atoms with E-state index in [0.29, 0.717) is 12.8 Å². The third-order valence-electron chi connectivity index (χ3n) is 10.0. The molecule has 0 aromatic carbocycles. The topological polar surface area (TPSA) is 92.7 Å². The van der Waals surface area contributed by atoms with Crippen molar-refractivity contribution in [3.63, 3.8) is 0 Å².